The van der Waals surface area contributed by atoms with Crippen LogP contribution < -0.4 is 5.32 Å². The summed E-state index contributed by atoms with van der Waals surface area (Å²) in [6.45, 7) is -0.526. The van der Waals surface area contributed by atoms with Gasteiger partial charge in [-0.1, -0.05) is 29.8 Å². The van der Waals surface area contributed by atoms with E-state index in [1.807, 2.05) is 12.1 Å². The van der Waals surface area contributed by atoms with Crippen molar-refractivity contribution in [1.82, 2.24) is 4.98 Å². The summed E-state index contributed by atoms with van der Waals surface area (Å²) in [6.07, 6.45) is 2.08. The number of non-ortho nitro benzene ring substituents is 1. The summed E-state index contributed by atoms with van der Waals surface area (Å²) in [4.78, 5) is 39.6. The van der Waals surface area contributed by atoms with Crippen molar-refractivity contribution in [3.63, 3.8) is 0 Å². The predicted octanol–water partition coefficient (Wildman–Crippen LogP) is 4.47. The molecule has 0 atom stereocenters. The molecule has 0 radical (unpaired) electrons. The molecule has 2 aromatic carbocycles. The molecule has 1 saturated carbocycles. The Morgan fingerprint density at radius 2 is 1.97 bits per heavy atom. The average molecular weight is 426 g/mol. The van der Waals surface area contributed by atoms with E-state index in [1.54, 1.807) is 18.2 Å². The largest absolute Gasteiger partial charge is 0.452 e. The molecule has 3 aromatic rings. The maximum atomic E-state index is 12.7. The van der Waals surface area contributed by atoms with Gasteiger partial charge >= 0.3 is 5.97 Å². The molecule has 0 saturated heterocycles. The number of nitrogens with one attached hydrogen (secondary N) is 1. The molecule has 1 aliphatic carbocycles. The van der Waals surface area contributed by atoms with Gasteiger partial charge in [-0.25, -0.2) is 4.79 Å². The Hall–Kier alpha value is -3.52. The summed E-state index contributed by atoms with van der Waals surface area (Å²) < 4.78 is 5.20. The van der Waals surface area contributed by atoms with Crippen LogP contribution in [0.3, 0.4) is 0 Å². The maximum absolute atomic E-state index is 12.7. The monoisotopic (exact) mass is 425 g/mol. The minimum atomic E-state index is -0.625. The fourth-order valence-corrected chi connectivity index (χ4v) is 3.29. The third-order valence-electron chi connectivity index (χ3n) is 4.72. The maximum Gasteiger partial charge on any atom is 0.339 e. The molecule has 0 aliphatic heterocycles. The number of aromatic nitrogens is 1. The van der Waals surface area contributed by atoms with Gasteiger partial charge in [0.25, 0.3) is 11.6 Å². The van der Waals surface area contributed by atoms with Gasteiger partial charge in [0.1, 0.15) is 0 Å². The van der Waals surface area contributed by atoms with E-state index in [4.69, 9.17) is 16.3 Å². The SMILES string of the molecule is O=C(COC(=O)c1cc(C2CC2)nc2ccccc12)Nc1ccc([N+](=O)[O-])cc1Cl. The summed E-state index contributed by atoms with van der Waals surface area (Å²) in [5.41, 5.74) is 1.91. The van der Waals surface area contributed by atoms with Crippen molar-refractivity contribution in [2.45, 2.75) is 18.8 Å². The van der Waals surface area contributed by atoms with Crippen molar-refractivity contribution < 1.29 is 19.2 Å². The van der Waals surface area contributed by atoms with Crippen molar-refractivity contribution in [3.8, 4) is 0 Å². The van der Waals surface area contributed by atoms with E-state index in [1.165, 1.54) is 12.1 Å². The number of halogens is 1. The number of para-hydroxylation sites is 1. The van der Waals surface area contributed by atoms with Gasteiger partial charge in [-0.3, -0.25) is 19.9 Å². The standard InChI is InChI=1S/C21H16ClN3O5/c22-16-9-13(25(28)29)7-8-18(16)24-20(26)11-30-21(27)15-10-19(12-5-6-12)23-17-4-2-1-3-14(15)17/h1-4,7-10,12H,5-6,11H2,(H,24,26). The first-order valence-corrected chi connectivity index (χ1v) is 9.61. The molecule has 152 valence electrons. The Labute approximate surface area is 176 Å². The van der Waals surface area contributed by atoms with E-state index < -0.39 is 23.4 Å². The van der Waals surface area contributed by atoms with Crippen molar-refractivity contribution in [2.24, 2.45) is 0 Å². The van der Waals surface area contributed by atoms with Gasteiger partial charge in [-0.05, 0) is 31.0 Å². The summed E-state index contributed by atoms with van der Waals surface area (Å²) in [5.74, 6) is -0.880. The lowest BCUT2D eigenvalue weighted by Crippen LogP contribution is -2.21. The van der Waals surface area contributed by atoms with Crippen molar-refractivity contribution >= 4 is 45.8 Å². The number of hydrogen-bond acceptors (Lipinski definition) is 6. The Balaban J connectivity index is 1.46. The Bertz CT molecular complexity index is 1180. The van der Waals surface area contributed by atoms with Gasteiger partial charge in [-0.15, -0.1) is 0 Å². The van der Waals surface area contributed by atoms with Crippen molar-refractivity contribution in [2.75, 3.05) is 11.9 Å². The molecule has 4 rings (SSSR count). The van der Waals surface area contributed by atoms with Crippen molar-refractivity contribution in [3.05, 3.63) is 74.9 Å². The van der Waals surface area contributed by atoms with E-state index in [-0.39, 0.29) is 16.4 Å². The highest BCUT2D eigenvalue weighted by Crippen LogP contribution is 2.40. The Kier molecular flexibility index (Phi) is 5.33. The number of pyridine rings is 1. The smallest absolute Gasteiger partial charge is 0.339 e. The first-order chi connectivity index (χ1) is 14.4. The van der Waals surface area contributed by atoms with Crippen LogP contribution in [0.4, 0.5) is 11.4 Å². The van der Waals surface area contributed by atoms with E-state index >= 15 is 0 Å². The predicted molar refractivity (Wildman–Crippen MR) is 111 cm³/mol. The first-order valence-electron chi connectivity index (χ1n) is 9.23. The van der Waals surface area contributed by atoms with E-state index in [2.05, 4.69) is 10.3 Å². The van der Waals surface area contributed by atoms with E-state index in [0.29, 0.717) is 22.4 Å². The summed E-state index contributed by atoms with van der Waals surface area (Å²) >= 11 is 5.96. The number of nitrogens with zero attached hydrogens (tertiary/aromatic N) is 2. The molecule has 9 heteroatoms. The van der Waals surface area contributed by atoms with Crippen LogP contribution in [0, 0.1) is 10.1 Å². The quantitative estimate of drug-likeness (QED) is 0.354. The second-order valence-electron chi connectivity index (χ2n) is 6.93. The molecule has 1 fully saturated rings. The van der Waals surface area contributed by atoms with Gasteiger partial charge in [-0.2, -0.15) is 0 Å². The number of amides is 1. The molecule has 1 amide bonds. The normalized spacial score (nSPS) is 13.1. The molecule has 0 unspecified atom stereocenters. The highest BCUT2D eigenvalue weighted by molar-refractivity contribution is 6.34. The third kappa shape index (κ3) is 4.23. The van der Waals surface area contributed by atoms with Crippen LogP contribution >= 0.6 is 11.6 Å². The fourth-order valence-electron chi connectivity index (χ4n) is 3.07. The van der Waals surface area contributed by atoms with Crippen LogP contribution in [0.2, 0.25) is 5.02 Å². The molecule has 8 nitrogen and oxygen atoms in total. The number of carbonyl (C=O) groups excluding carboxylic acids is 2. The topological polar surface area (TPSA) is 111 Å². The molecule has 0 bridgehead atoms. The van der Waals surface area contributed by atoms with Crippen LogP contribution in [-0.2, 0) is 9.53 Å². The third-order valence-corrected chi connectivity index (χ3v) is 5.04. The molecule has 30 heavy (non-hydrogen) atoms. The molecule has 1 aliphatic rings. The van der Waals surface area contributed by atoms with Gasteiger partial charge in [0.15, 0.2) is 6.61 Å². The summed E-state index contributed by atoms with van der Waals surface area (Å²) in [5, 5.41) is 13.9. The lowest BCUT2D eigenvalue weighted by atomic mass is 10.1. The minimum Gasteiger partial charge on any atom is -0.452 e. The number of nitro groups is 1. The molecular formula is C21H16ClN3O5. The van der Waals surface area contributed by atoms with Crippen LogP contribution in [0.25, 0.3) is 10.9 Å². The number of anilines is 1. The Morgan fingerprint density at radius 3 is 2.67 bits per heavy atom. The fraction of sp³-hybridized carbons (Fsp3) is 0.190. The number of benzene rings is 2. The van der Waals surface area contributed by atoms with Gasteiger partial charge in [0.05, 0.1) is 26.7 Å². The lowest BCUT2D eigenvalue weighted by Gasteiger charge is -2.10. The molecule has 1 aromatic heterocycles. The van der Waals surface area contributed by atoms with Gasteiger partial charge < -0.3 is 10.1 Å². The lowest BCUT2D eigenvalue weighted by molar-refractivity contribution is -0.384. The second kappa shape index (κ2) is 8.08. The van der Waals surface area contributed by atoms with E-state index in [0.717, 1.165) is 24.6 Å². The summed E-state index contributed by atoms with van der Waals surface area (Å²) in [7, 11) is 0. The van der Waals surface area contributed by atoms with Crippen LogP contribution in [-0.4, -0.2) is 28.4 Å². The number of fused-ring (bicyclic) bond motifs is 1. The summed E-state index contributed by atoms with van der Waals surface area (Å²) in [6, 6.07) is 12.7. The molecule has 1 heterocycles. The van der Waals surface area contributed by atoms with Gasteiger partial charge in [0.2, 0.25) is 0 Å². The highest BCUT2D eigenvalue weighted by atomic mass is 35.5. The van der Waals surface area contributed by atoms with Crippen LogP contribution in [0.15, 0.2) is 48.5 Å². The molecule has 1 N–H and O–H groups in total. The number of rotatable bonds is 6. The zero-order valence-corrected chi connectivity index (χ0v) is 16.4. The van der Waals surface area contributed by atoms with Crippen molar-refractivity contribution in [1.29, 1.82) is 0 Å². The number of carbonyl (C=O) groups is 2. The number of ether oxygens (including phenoxy) is 1. The molecular weight excluding hydrogens is 410 g/mol. The zero-order chi connectivity index (χ0) is 21.3. The number of esters is 1. The minimum absolute atomic E-state index is 0.0121. The van der Waals surface area contributed by atoms with E-state index in [9.17, 15) is 19.7 Å². The number of hydrogen-bond donors (Lipinski definition) is 1. The average Bonchev–Trinajstić information content (AvgIpc) is 3.58. The number of nitro benzene ring substituents is 1. The van der Waals surface area contributed by atoms with Gasteiger partial charge in [0, 0.05) is 29.1 Å². The van der Waals surface area contributed by atoms with Crippen LogP contribution in [0.1, 0.15) is 34.8 Å². The molecule has 0 spiro atoms. The highest BCUT2D eigenvalue weighted by Gasteiger charge is 2.27. The second-order valence-corrected chi connectivity index (χ2v) is 7.34. The zero-order valence-electron chi connectivity index (χ0n) is 15.6. The first kappa shape index (κ1) is 19.8. The van der Waals surface area contributed by atoms with Crippen LogP contribution in [0.5, 0.6) is 0 Å². The Morgan fingerprint density at radius 1 is 1.20 bits per heavy atom.